The summed E-state index contributed by atoms with van der Waals surface area (Å²) in [6, 6.07) is 14.1. The summed E-state index contributed by atoms with van der Waals surface area (Å²) in [5.41, 5.74) is 4.37. The normalized spacial score (nSPS) is 16.3. The van der Waals surface area contributed by atoms with Crippen molar-refractivity contribution in [3.05, 3.63) is 59.2 Å². The molecule has 1 aliphatic rings. The Balaban J connectivity index is 1.76. The summed E-state index contributed by atoms with van der Waals surface area (Å²) in [7, 11) is 0. The second-order valence-corrected chi connectivity index (χ2v) is 5.78. The van der Waals surface area contributed by atoms with Crippen LogP contribution in [0.5, 0.6) is 5.75 Å². The van der Waals surface area contributed by atoms with Crippen molar-refractivity contribution >= 4 is 11.6 Å². The summed E-state index contributed by atoms with van der Waals surface area (Å²) in [5.74, 6) is 0.880. The molecule has 0 aromatic heterocycles. The number of para-hydroxylation sites is 1. The fourth-order valence-corrected chi connectivity index (χ4v) is 2.88. The van der Waals surface area contributed by atoms with Gasteiger partial charge in [-0.1, -0.05) is 37.3 Å². The molecule has 0 spiro atoms. The van der Waals surface area contributed by atoms with Gasteiger partial charge < -0.3 is 10.1 Å². The molecule has 3 heteroatoms. The average molecular weight is 295 g/mol. The Bertz CT molecular complexity index is 676. The molecule has 2 aromatic carbocycles. The van der Waals surface area contributed by atoms with Gasteiger partial charge in [0.1, 0.15) is 5.75 Å². The van der Waals surface area contributed by atoms with Gasteiger partial charge in [-0.3, -0.25) is 4.79 Å². The highest BCUT2D eigenvalue weighted by Gasteiger charge is 2.31. The number of ether oxygens (including phenoxy) is 1. The smallest absolute Gasteiger partial charge is 0.232 e. The lowest BCUT2D eigenvalue weighted by Crippen LogP contribution is -2.14. The SMILES string of the molecule is CCCOc1ccc(C[C@@H]2C(=O)Nc3c(C)cccc32)cc1. The highest BCUT2D eigenvalue weighted by molar-refractivity contribution is 6.03. The topological polar surface area (TPSA) is 38.3 Å². The van der Waals surface area contributed by atoms with E-state index in [0.717, 1.165) is 47.6 Å². The molecule has 0 unspecified atom stereocenters. The second-order valence-electron chi connectivity index (χ2n) is 5.78. The van der Waals surface area contributed by atoms with E-state index < -0.39 is 0 Å². The maximum atomic E-state index is 12.3. The van der Waals surface area contributed by atoms with Gasteiger partial charge in [0, 0.05) is 5.69 Å². The summed E-state index contributed by atoms with van der Waals surface area (Å²) in [6.07, 6.45) is 1.72. The quantitative estimate of drug-likeness (QED) is 0.903. The second kappa shape index (κ2) is 6.22. The third-order valence-corrected chi connectivity index (χ3v) is 4.08. The summed E-state index contributed by atoms with van der Waals surface area (Å²) in [5, 5.41) is 3.01. The Morgan fingerprint density at radius 3 is 2.64 bits per heavy atom. The van der Waals surface area contributed by atoms with Gasteiger partial charge in [0.25, 0.3) is 0 Å². The molecule has 0 fully saturated rings. The number of fused-ring (bicyclic) bond motifs is 1. The summed E-state index contributed by atoms with van der Waals surface area (Å²) in [4.78, 5) is 12.3. The van der Waals surface area contributed by atoms with Crippen LogP contribution in [0.25, 0.3) is 0 Å². The molecular formula is C19H21NO2. The maximum Gasteiger partial charge on any atom is 0.232 e. The molecule has 0 saturated carbocycles. The molecule has 0 aliphatic carbocycles. The Kier molecular flexibility index (Phi) is 4.14. The summed E-state index contributed by atoms with van der Waals surface area (Å²) in [6.45, 7) is 4.85. The van der Waals surface area contributed by atoms with E-state index in [0.29, 0.717) is 0 Å². The first kappa shape index (κ1) is 14.6. The van der Waals surface area contributed by atoms with E-state index in [1.54, 1.807) is 0 Å². The van der Waals surface area contributed by atoms with Gasteiger partial charge in [0.2, 0.25) is 5.91 Å². The van der Waals surface area contributed by atoms with Crippen LogP contribution < -0.4 is 10.1 Å². The number of carbonyl (C=O) groups excluding carboxylic acids is 1. The number of rotatable bonds is 5. The van der Waals surface area contributed by atoms with Gasteiger partial charge in [-0.05, 0) is 48.6 Å². The minimum atomic E-state index is -0.0997. The lowest BCUT2D eigenvalue weighted by atomic mass is 9.92. The van der Waals surface area contributed by atoms with Crippen molar-refractivity contribution in [3.63, 3.8) is 0 Å². The van der Waals surface area contributed by atoms with E-state index in [2.05, 4.69) is 12.2 Å². The van der Waals surface area contributed by atoms with E-state index in [1.807, 2.05) is 49.4 Å². The highest BCUT2D eigenvalue weighted by Crippen LogP contribution is 2.36. The number of nitrogens with one attached hydrogen (secondary N) is 1. The number of anilines is 1. The summed E-state index contributed by atoms with van der Waals surface area (Å²) >= 11 is 0. The van der Waals surface area contributed by atoms with Gasteiger partial charge in [-0.25, -0.2) is 0 Å². The van der Waals surface area contributed by atoms with Crippen molar-refractivity contribution in [2.24, 2.45) is 0 Å². The van der Waals surface area contributed by atoms with Crippen LogP contribution in [-0.4, -0.2) is 12.5 Å². The molecule has 0 bridgehead atoms. The van der Waals surface area contributed by atoms with Crippen LogP contribution in [0.3, 0.4) is 0 Å². The number of aryl methyl sites for hydroxylation is 1. The number of hydrogen-bond donors (Lipinski definition) is 1. The van der Waals surface area contributed by atoms with E-state index in [4.69, 9.17) is 4.74 Å². The average Bonchev–Trinajstić information content (AvgIpc) is 2.84. The molecule has 0 radical (unpaired) electrons. The number of amides is 1. The highest BCUT2D eigenvalue weighted by atomic mass is 16.5. The lowest BCUT2D eigenvalue weighted by molar-refractivity contribution is -0.117. The van der Waals surface area contributed by atoms with Crippen molar-refractivity contribution in [3.8, 4) is 5.75 Å². The molecule has 22 heavy (non-hydrogen) atoms. The van der Waals surface area contributed by atoms with Crippen LogP contribution in [0.15, 0.2) is 42.5 Å². The lowest BCUT2D eigenvalue weighted by Gasteiger charge is -2.10. The maximum absolute atomic E-state index is 12.3. The predicted octanol–water partition coefficient (Wildman–Crippen LogP) is 4.06. The van der Waals surface area contributed by atoms with Crippen molar-refractivity contribution in [2.45, 2.75) is 32.6 Å². The van der Waals surface area contributed by atoms with Crippen LogP contribution in [0.1, 0.15) is 36.0 Å². The minimum absolute atomic E-state index is 0.0932. The number of hydrogen-bond acceptors (Lipinski definition) is 2. The third-order valence-electron chi connectivity index (χ3n) is 4.08. The molecule has 1 atom stereocenters. The zero-order valence-corrected chi connectivity index (χ0v) is 13.1. The molecular weight excluding hydrogens is 274 g/mol. The Hall–Kier alpha value is -2.29. The molecule has 0 saturated heterocycles. The van der Waals surface area contributed by atoms with Crippen LogP contribution in [-0.2, 0) is 11.2 Å². The van der Waals surface area contributed by atoms with Crippen LogP contribution in [0.4, 0.5) is 5.69 Å². The Morgan fingerprint density at radius 2 is 1.91 bits per heavy atom. The molecule has 114 valence electrons. The molecule has 1 N–H and O–H groups in total. The monoisotopic (exact) mass is 295 g/mol. The van der Waals surface area contributed by atoms with Crippen molar-refractivity contribution in [1.29, 1.82) is 0 Å². The fourth-order valence-electron chi connectivity index (χ4n) is 2.88. The van der Waals surface area contributed by atoms with E-state index >= 15 is 0 Å². The first-order chi connectivity index (χ1) is 10.7. The molecule has 3 rings (SSSR count). The molecule has 1 heterocycles. The zero-order chi connectivity index (χ0) is 15.5. The van der Waals surface area contributed by atoms with E-state index in [-0.39, 0.29) is 11.8 Å². The molecule has 1 aliphatic heterocycles. The third kappa shape index (κ3) is 2.84. The first-order valence-electron chi connectivity index (χ1n) is 7.81. The molecule has 1 amide bonds. The fraction of sp³-hybridized carbons (Fsp3) is 0.316. The van der Waals surface area contributed by atoms with Crippen molar-refractivity contribution in [2.75, 3.05) is 11.9 Å². The van der Waals surface area contributed by atoms with Gasteiger partial charge in [0.15, 0.2) is 0 Å². The Morgan fingerprint density at radius 1 is 1.14 bits per heavy atom. The predicted molar refractivity (Wildman–Crippen MR) is 88.5 cm³/mol. The Labute approximate surface area is 131 Å². The van der Waals surface area contributed by atoms with E-state index in [1.165, 1.54) is 0 Å². The summed E-state index contributed by atoms with van der Waals surface area (Å²) < 4.78 is 5.59. The number of carbonyl (C=O) groups is 1. The van der Waals surface area contributed by atoms with Crippen LogP contribution in [0, 0.1) is 6.92 Å². The zero-order valence-electron chi connectivity index (χ0n) is 13.1. The molecule has 3 nitrogen and oxygen atoms in total. The van der Waals surface area contributed by atoms with Gasteiger partial charge in [0.05, 0.1) is 12.5 Å². The van der Waals surface area contributed by atoms with Crippen molar-refractivity contribution in [1.82, 2.24) is 0 Å². The first-order valence-corrected chi connectivity index (χ1v) is 7.81. The minimum Gasteiger partial charge on any atom is -0.494 e. The number of benzene rings is 2. The van der Waals surface area contributed by atoms with Crippen LogP contribution >= 0.6 is 0 Å². The van der Waals surface area contributed by atoms with Crippen LogP contribution in [0.2, 0.25) is 0 Å². The van der Waals surface area contributed by atoms with Gasteiger partial charge in [-0.15, -0.1) is 0 Å². The standard InChI is InChI=1S/C19H21NO2/c1-3-11-22-15-9-7-14(8-10-15)12-17-16-6-4-5-13(2)18(16)20-19(17)21/h4-10,17H,3,11-12H2,1-2H3,(H,20,21)/t17-/m0/s1. The van der Waals surface area contributed by atoms with Crippen molar-refractivity contribution < 1.29 is 9.53 Å². The van der Waals surface area contributed by atoms with Gasteiger partial charge in [-0.2, -0.15) is 0 Å². The van der Waals surface area contributed by atoms with Gasteiger partial charge >= 0.3 is 0 Å². The molecule has 2 aromatic rings. The van der Waals surface area contributed by atoms with E-state index in [9.17, 15) is 4.79 Å². The largest absolute Gasteiger partial charge is 0.494 e.